The zero-order valence-electron chi connectivity index (χ0n) is 14.4. The van der Waals surface area contributed by atoms with Crippen molar-refractivity contribution in [3.05, 3.63) is 101 Å². The molecule has 3 aromatic carbocycles. The van der Waals surface area contributed by atoms with E-state index in [-0.39, 0.29) is 17.7 Å². The molecule has 0 radical (unpaired) electrons. The van der Waals surface area contributed by atoms with Crippen LogP contribution in [0.3, 0.4) is 0 Å². The molecule has 0 bridgehead atoms. The number of hydrogen-bond acceptors (Lipinski definition) is 3. The molecule has 3 aromatic rings. The van der Waals surface area contributed by atoms with E-state index in [1.165, 1.54) is 5.01 Å². The molecule has 1 N–H and O–H groups in total. The van der Waals surface area contributed by atoms with E-state index in [0.717, 1.165) is 5.56 Å². The van der Waals surface area contributed by atoms with Crippen LogP contribution in [0.4, 0.5) is 0 Å². The second-order valence-electron chi connectivity index (χ2n) is 6.32. The Morgan fingerprint density at radius 1 is 0.963 bits per heavy atom. The highest BCUT2D eigenvalue weighted by atomic mass is 35.5. The van der Waals surface area contributed by atoms with E-state index < -0.39 is 0 Å². The van der Waals surface area contributed by atoms with Gasteiger partial charge in [0.15, 0.2) is 0 Å². The summed E-state index contributed by atoms with van der Waals surface area (Å²) in [7, 11) is 0. The van der Waals surface area contributed by atoms with Crippen molar-refractivity contribution >= 4 is 23.2 Å². The van der Waals surface area contributed by atoms with Gasteiger partial charge in [-0.15, -0.1) is 0 Å². The molecule has 0 saturated carbocycles. The normalized spacial score (nSPS) is 16.3. The minimum absolute atomic E-state index is 0.148. The van der Waals surface area contributed by atoms with Crippen molar-refractivity contribution in [1.29, 1.82) is 0 Å². The molecule has 134 valence electrons. The lowest BCUT2D eigenvalue weighted by molar-refractivity contribution is 0.0711. The summed E-state index contributed by atoms with van der Waals surface area (Å²) in [5.74, 6) is -0.116. The fourth-order valence-electron chi connectivity index (χ4n) is 3.27. The molecule has 1 heterocycles. The fourth-order valence-corrected chi connectivity index (χ4v) is 3.49. The molecular formula is C22H17ClN2O2. The first-order valence-corrected chi connectivity index (χ1v) is 9.02. The van der Waals surface area contributed by atoms with Gasteiger partial charge < -0.3 is 5.11 Å². The molecule has 1 atom stereocenters. The third-order valence-corrected chi connectivity index (χ3v) is 4.95. The standard InChI is InChI=1S/C22H17ClN2O2/c23-18-12-6-4-10-16(18)22(27)25-20(15-8-2-1-3-9-15)14-19(24-25)17-11-5-7-13-21(17)26/h1-13,20,26H,14H2. The van der Waals surface area contributed by atoms with Crippen LogP contribution in [0.1, 0.15) is 33.9 Å². The van der Waals surface area contributed by atoms with Crippen molar-refractivity contribution in [3.63, 3.8) is 0 Å². The van der Waals surface area contributed by atoms with Gasteiger partial charge in [-0.05, 0) is 29.8 Å². The van der Waals surface area contributed by atoms with Gasteiger partial charge in [-0.25, -0.2) is 5.01 Å². The summed E-state index contributed by atoms with van der Waals surface area (Å²) in [5.41, 5.74) is 2.68. The van der Waals surface area contributed by atoms with Crippen LogP contribution in [0.15, 0.2) is 84.0 Å². The van der Waals surface area contributed by atoms with E-state index in [4.69, 9.17) is 11.6 Å². The van der Waals surface area contributed by atoms with Gasteiger partial charge in [0.2, 0.25) is 0 Å². The van der Waals surface area contributed by atoms with Crippen LogP contribution in [0.2, 0.25) is 5.02 Å². The van der Waals surface area contributed by atoms with E-state index in [1.807, 2.05) is 36.4 Å². The number of halogens is 1. The van der Waals surface area contributed by atoms with Gasteiger partial charge in [-0.2, -0.15) is 5.10 Å². The molecule has 0 saturated heterocycles. The number of amides is 1. The van der Waals surface area contributed by atoms with Crippen molar-refractivity contribution in [2.75, 3.05) is 0 Å². The number of nitrogens with zero attached hydrogens (tertiary/aromatic N) is 2. The Balaban J connectivity index is 1.77. The van der Waals surface area contributed by atoms with Crippen molar-refractivity contribution in [2.24, 2.45) is 5.10 Å². The van der Waals surface area contributed by atoms with Gasteiger partial charge in [0.05, 0.1) is 22.3 Å². The number of phenols is 1. The zero-order chi connectivity index (χ0) is 18.8. The Kier molecular flexibility index (Phi) is 4.65. The molecule has 1 amide bonds. The average Bonchev–Trinajstić information content (AvgIpc) is 3.14. The highest BCUT2D eigenvalue weighted by Crippen LogP contribution is 2.36. The smallest absolute Gasteiger partial charge is 0.276 e. The minimum Gasteiger partial charge on any atom is -0.507 e. The summed E-state index contributed by atoms with van der Waals surface area (Å²) in [4.78, 5) is 13.2. The number of aromatic hydroxyl groups is 1. The first kappa shape index (κ1) is 17.3. The van der Waals surface area contributed by atoms with Crippen LogP contribution < -0.4 is 0 Å². The van der Waals surface area contributed by atoms with Gasteiger partial charge in [-0.3, -0.25) is 4.79 Å². The molecule has 5 heteroatoms. The van der Waals surface area contributed by atoms with Crippen LogP contribution >= 0.6 is 11.6 Å². The maximum absolute atomic E-state index is 13.2. The van der Waals surface area contributed by atoms with Crippen LogP contribution in [0.25, 0.3) is 0 Å². The molecule has 1 unspecified atom stereocenters. The third-order valence-electron chi connectivity index (χ3n) is 4.62. The van der Waals surface area contributed by atoms with Crippen molar-refractivity contribution in [1.82, 2.24) is 5.01 Å². The molecule has 1 aliphatic heterocycles. The number of benzene rings is 3. The highest BCUT2D eigenvalue weighted by Gasteiger charge is 2.34. The van der Waals surface area contributed by atoms with Crippen LogP contribution in [0, 0.1) is 0 Å². The van der Waals surface area contributed by atoms with E-state index >= 15 is 0 Å². The summed E-state index contributed by atoms with van der Waals surface area (Å²) in [5, 5.41) is 16.6. The number of rotatable bonds is 3. The number of carbonyl (C=O) groups excluding carboxylic acids is 1. The minimum atomic E-state index is -0.264. The Morgan fingerprint density at radius 3 is 2.37 bits per heavy atom. The molecule has 1 aliphatic rings. The number of hydrogen-bond donors (Lipinski definition) is 1. The van der Waals surface area contributed by atoms with Crippen molar-refractivity contribution in [3.8, 4) is 5.75 Å². The number of hydrazone groups is 1. The number of phenolic OH excluding ortho intramolecular Hbond substituents is 1. The van der Waals surface area contributed by atoms with E-state index in [1.54, 1.807) is 42.5 Å². The molecule has 4 rings (SSSR count). The lowest BCUT2D eigenvalue weighted by Crippen LogP contribution is -2.27. The maximum Gasteiger partial charge on any atom is 0.276 e. The Bertz CT molecular complexity index is 1020. The SMILES string of the molecule is O=C(c1ccccc1Cl)N1N=C(c2ccccc2O)CC1c1ccccc1. The van der Waals surface area contributed by atoms with Gasteiger partial charge in [0.1, 0.15) is 5.75 Å². The van der Waals surface area contributed by atoms with Crippen molar-refractivity contribution < 1.29 is 9.90 Å². The summed E-state index contributed by atoms with van der Waals surface area (Å²) in [6.45, 7) is 0. The van der Waals surface area contributed by atoms with Crippen LogP contribution in [-0.4, -0.2) is 21.7 Å². The lowest BCUT2D eigenvalue weighted by atomic mass is 9.97. The van der Waals surface area contributed by atoms with Gasteiger partial charge in [0, 0.05) is 12.0 Å². The van der Waals surface area contributed by atoms with E-state index in [0.29, 0.717) is 28.3 Å². The molecule has 0 fully saturated rings. The molecular weight excluding hydrogens is 360 g/mol. The van der Waals surface area contributed by atoms with Gasteiger partial charge >= 0.3 is 0 Å². The summed E-state index contributed by atoms with van der Waals surface area (Å²) in [6.07, 6.45) is 0.512. The fraction of sp³-hybridized carbons (Fsp3) is 0.0909. The first-order chi connectivity index (χ1) is 13.1. The van der Waals surface area contributed by atoms with E-state index in [2.05, 4.69) is 5.10 Å². The first-order valence-electron chi connectivity index (χ1n) is 8.64. The maximum atomic E-state index is 13.2. The largest absolute Gasteiger partial charge is 0.507 e. The highest BCUT2D eigenvalue weighted by molar-refractivity contribution is 6.33. The quantitative estimate of drug-likeness (QED) is 0.696. The van der Waals surface area contributed by atoms with Gasteiger partial charge in [0.25, 0.3) is 5.91 Å². The summed E-state index contributed by atoms with van der Waals surface area (Å²) < 4.78 is 0. The monoisotopic (exact) mass is 376 g/mol. The molecule has 4 nitrogen and oxygen atoms in total. The second kappa shape index (κ2) is 7.25. The van der Waals surface area contributed by atoms with Crippen molar-refractivity contribution in [2.45, 2.75) is 12.5 Å². The number of carbonyl (C=O) groups is 1. The molecule has 27 heavy (non-hydrogen) atoms. The predicted molar refractivity (Wildman–Crippen MR) is 106 cm³/mol. The van der Waals surface area contributed by atoms with Gasteiger partial charge in [-0.1, -0.05) is 66.2 Å². The predicted octanol–water partition coefficient (Wildman–Crippen LogP) is 5.04. The topological polar surface area (TPSA) is 52.9 Å². The molecule has 0 spiro atoms. The average molecular weight is 377 g/mol. The molecule has 0 aliphatic carbocycles. The number of para-hydroxylation sites is 1. The van der Waals surface area contributed by atoms with Crippen LogP contribution in [0.5, 0.6) is 5.75 Å². The second-order valence-corrected chi connectivity index (χ2v) is 6.73. The lowest BCUT2D eigenvalue weighted by Gasteiger charge is -2.22. The Labute approximate surface area is 162 Å². The molecule has 0 aromatic heterocycles. The van der Waals surface area contributed by atoms with Crippen LogP contribution in [-0.2, 0) is 0 Å². The summed E-state index contributed by atoms with van der Waals surface area (Å²) in [6, 6.07) is 23.5. The van der Waals surface area contributed by atoms with E-state index in [9.17, 15) is 9.90 Å². The summed E-state index contributed by atoms with van der Waals surface area (Å²) >= 11 is 6.23. The Hall–Kier alpha value is -3.11. The zero-order valence-corrected chi connectivity index (χ0v) is 15.2. The third kappa shape index (κ3) is 3.32. The Morgan fingerprint density at radius 2 is 1.63 bits per heavy atom.